The Balaban J connectivity index is 1.71. The first-order valence-corrected chi connectivity index (χ1v) is 7.61. The standard InChI is InChI=1S/C16H13Cl2N3/c17-11-6-13-14(7-12(11)18)21-16(20-13)15-5-9-3-1-2-4-10(9)8-19-15/h1-4,6-7,15,19H,5,8H2,(H,20,21). The Bertz CT molecular complexity index is 787. The van der Waals surface area contributed by atoms with Crippen LogP contribution in [-0.4, -0.2) is 9.97 Å². The molecule has 0 radical (unpaired) electrons. The van der Waals surface area contributed by atoms with Crippen LogP contribution in [0.15, 0.2) is 36.4 Å². The highest BCUT2D eigenvalue weighted by molar-refractivity contribution is 6.42. The van der Waals surface area contributed by atoms with E-state index in [2.05, 4.69) is 39.6 Å². The zero-order valence-corrected chi connectivity index (χ0v) is 12.7. The van der Waals surface area contributed by atoms with Gasteiger partial charge in [0, 0.05) is 6.54 Å². The van der Waals surface area contributed by atoms with E-state index < -0.39 is 0 Å². The number of imidazole rings is 1. The van der Waals surface area contributed by atoms with Crippen molar-refractivity contribution in [3.63, 3.8) is 0 Å². The Morgan fingerprint density at radius 1 is 1.05 bits per heavy atom. The maximum atomic E-state index is 6.05. The zero-order valence-electron chi connectivity index (χ0n) is 11.2. The van der Waals surface area contributed by atoms with Crippen LogP contribution in [0.2, 0.25) is 10.0 Å². The molecular weight excluding hydrogens is 305 g/mol. The van der Waals surface area contributed by atoms with Crippen LogP contribution in [0.3, 0.4) is 0 Å². The summed E-state index contributed by atoms with van der Waals surface area (Å²) in [7, 11) is 0. The number of halogens is 2. The minimum absolute atomic E-state index is 0.185. The van der Waals surface area contributed by atoms with Crippen molar-refractivity contribution in [2.24, 2.45) is 0 Å². The van der Waals surface area contributed by atoms with E-state index in [9.17, 15) is 0 Å². The van der Waals surface area contributed by atoms with Crippen molar-refractivity contribution in [1.82, 2.24) is 15.3 Å². The molecule has 1 aromatic heterocycles. The van der Waals surface area contributed by atoms with Gasteiger partial charge in [-0.15, -0.1) is 0 Å². The van der Waals surface area contributed by atoms with Crippen molar-refractivity contribution in [3.8, 4) is 0 Å². The second-order valence-electron chi connectivity index (χ2n) is 5.31. The molecule has 0 amide bonds. The summed E-state index contributed by atoms with van der Waals surface area (Å²) in [5.41, 5.74) is 4.49. The summed E-state index contributed by atoms with van der Waals surface area (Å²) < 4.78 is 0. The average Bonchev–Trinajstić information content (AvgIpc) is 2.90. The number of hydrogen-bond acceptors (Lipinski definition) is 2. The topological polar surface area (TPSA) is 40.7 Å². The van der Waals surface area contributed by atoms with E-state index in [1.165, 1.54) is 11.1 Å². The summed E-state index contributed by atoms with van der Waals surface area (Å²) in [6, 6.07) is 12.3. The number of H-pyrrole nitrogens is 1. The van der Waals surface area contributed by atoms with Crippen LogP contribution in [0, 0.1) is 0 Å². The number of rotatable bonds is 1. The van der Waals surface area contributed by atoms with E-state index in [0.717, 1.165) is 29.8 Å². The first kappa shape index (κ1) is 13.1. The van der Waals surface area contributed by atoms with Gasteiger partial charge in [-0.1, -0.05) is 47.5 Å². The van der Waals surface area contributed by atoms with Gasteiger partial charge in [0.1, 0.15) is 5.82 Å². The smallest absolute Gasteiger partial charge is 0.124 e. The number of nitrogens with zero attached hydrogens (tertiary/aromatic N) is 1. The molecule has 1 aliphatic heterocycles. The van der Waals surface area contributed by atoms with Gasteiger partial charge >= 0.3 is 0 Å². The van der Waals surface area contributed by atoms with Gasteiger partial charge in [0.25, 0.3) is 0 Å². The minimum Gasteiger partial charge on any atom is -0.341 e. The summed E-state index contributed by atoms with van der Waals surface area (Å²) in [5.74, 6) is 0.929. The molecule has 1 aliphatic rings. The summed E-state index contributed by atoms with van der Waals surface area (Å²) >= 11 is 12.1. The number of aromatic nitrogens is 2. The molecule has 5 heteroatoms. The van der Waals surface area contributed by atoms with E-state index in [-0.39, 0.29) is 6.04 Å². The third-order valence-electron chi connectivity index (χ3n) is 3.95. The molecule has 0 saturated heterocycles. The largest absolute Gasteiger partial charge is 0.341 e. The molecule has 0 fully saturated rings. The van der Waals surface area contributed by atoms with Crippen molar-refractivity contribution < 1.29 is 0 Å². The maximum absolute atomic E-state index is 6.05. The van der Waals surface area contributed by atoms with Crippen molar-refractivity contribution >= 4 is 34.2 Å². The van der Waals surface area contributed by atoms with Gasteiger partial charge in [-0.25, -0.2) is 4.98 Å². The molecule has 1 unspecified atom stereocenters. The molecule has 3 aromatic rings. The van der Waals surface area contributed by atoms with E-state index in [1.54, 1.807) is 6.07 Å². The molecule has 4 rings (SSSR count). The third kappa shape index (κ3) is 2.31. The first-order chi connectivity index (χ1) is 10.2. The van der Waals surface area contributed by atoms with Crippen LogP contribution >= 0.6 is 23.2 Å². The van der Waals surface area contributed by atoms with Crippen molar-refractivity contribution in [2.75, 3.05) is 0 Å². The van der Waals surface area contributed by atoms with Crippen LogP contribution < -0.4 is 5.32 Å². The van der Waals surface area contributed by atoms with E-state index in [4.69, 9.17) is 23.2 Å². The highest BCUT2D eigenvalue weighted by Crippen LogP contribution is 2.29. The monoisotopic (exact) mass is 317 g/mol. The molecule has 2 N–H and O–H groups in total. The fourth-order valence-corrected chi connectivity index (χ4v) is 3.16. The van der Waals surface area contributed by atoms with Gasteiger partial charge in [0.2, 0.25) is 0 Å². The molecule has 3 nitrogen and oxygen atoms in total. The fraction of sp³-hybridized carbons (Fsp3) is 0.188. The van der Waals surface area contributed by atoms with Crippen molar-refractivity contribution in [3.05, 3.63) is 63.4 Å². The Hall–Kier alpha value is -1.55. The second kappa shape index (κ2) is 5.02. The summed E-state index contributed by atoms with van der Waals surface area (Å²) in [6.45, 7) is 0.861. The third-order valence-corrected chi connectivity index (χ3v) is 4.68. The summed E-state index contributed by atoms with van der Waals surface area (Å²) in [5, 5.41) is 4.60. The number of aromatic amines is 1. The van der Waals surface area contributed by atoms with Crippen molar-refractivity contribution in [1.29, 1.82) is 0 Å². The zero-order chi connectivity index (χ0) is 14.4. The number of fused-ring (bicyclic) bond motifs is 2. The van der Waals surface area contributed by atoms with Crippen LogP contribution in [-0.2, 0) is 13.0 Å². The molecular formula is C16H13Cl2N3. The van der Waals surface area contributed by atoms with Crippen LogP contribution in [0.5, 0.6) is 0 Å². The molecule has 0 spiro atoms. The Morgan fingerprint density at radius 2 is 1.81 bits per heavy atom. The maximum Gasteiger partial charge on any atom is 0.124 e. The second-order valence-corrected chi connectivity index (χ2v) is 6.13. The number of nitrogens with one attached hydrogen (secondary N) is 2. The lowest BCUT2D eigenvalue weighted by Crippen LogP contribution is -2.29. The molecule has 1 atom stereocenters. The van der Waals surface area contributed by atoms with Crippen LogP contribution in [0.4, 0.5) is 0 Å². The molecule has 0 saturated carbocycles. The van der Waals surface area contributed by atoms with Gasteiger partial charge in [-0.05, 0) is 29.7 Å². The SMILES string of the molecule is Clc1cc2nc(C3Cc4ccccc4CN3)[nH]c2cc1Cl. The molecule has 0 aliphatic carbocycles. The molecule has 0 bridgehead atoms. The van der Waals surface area contributed by atoms with E-state index in [1.807, 2.05) is 6.07 Å². The lowest BCUT2D eigenvalue weighted by Gasteiger charge is -2.24. The van der Waals surface area contributed by atoms with Crippen molar-refractivity contribution in [2.45, 2.75) is 19.0 Å². The van der Waals surface area contributed by atoms with E-state index >= 15 is 0 Å². The quantitative estimate of drug-likeness (QED) is 0.704. The fourth-order valence-electron chi connectivity index (χ4n) is 2.84. The lowest BCUT2D eigenvalue weighted by molar-refractivity contribution is 0.481. The van der Waals surface area contributed by atoms with Gasteiger partial charge in [0.05, 0.1) is 27.1 Å². The number of hydrogen-bond donors (Lipinski definition) is 2. The van der Waals surface area contributed by atoms with E-state index in [0.29, 0.717) is 10.0 Å². The molecule has 21 heavy (non-hydrogen) atoms. The number of benzene rings is 2. The normalized spacial score (nSPS) is 17.9. The van der Waals surface area contributed by atoms with Crippen LogP contribution in [0.1, 0.15) is 23.0 Å². The highest BCUT2D eigenvalue weighted by Gasteiger charge is 2.22. The Labute approximate surface area is 132 Å². The van der Waals surface area contributed by atoms with Gasteiger partial charge < -0.3 is 10.3 Å². The van der Waals surface area contributed by atoms with Gasteiger partial charge in [0.15, 0.2) is 0 Å². The Kier molecular flexibility index (Phi) is 3.14. The molecule has 106 valence electrons. The van der Waals surface area contributed by atoms with Crippen LogP contribution in [0.25, 0.3) is 11.0 Å². The lowest BCUT2D eigenvalue weighted by atomic mass is 9.96. The summed E-state index contributed by atoms with van der Waals surface area (Å²) in [6.07, 6.45) is 0.928. The average molecular weight is 318 g/mol. The molecule has 2 heterocycles. The van der Waals surface area contributed by atoms with Gasteiger partial charge in [-0.2, -0.15) is 0 Å². The summed E-state index contributed by atoms with van der Waals surface area (Å²) in [4.78, 5) is 8.00. The first-order valence-electron chi connectivity index (χ1n) is 6.85. The molecule has 2 aromatic carbocycles. The Morgan fingerprint density at radius 3 is 2.67 bits per heavy atom. The predicted octanol–water partition coefficient (Wildman–Crippen LogP) is 4.26. The minimum atomic E-state index is 0.185. The van der Waals surface area contributed by atoms with Gasteiger partial charge in [-0.3, -0.25) is 0 Å². The highest BCUT2D eigenvalue weighted by atomic mass is 35.5. The predicted molar refractivity (Wildman–Crippen MR) is 85.8 cm³/mol.